The Morgan fingerprint density at radius 1 is 0.906 bits per heavy atom. The summed E-state index contributed by atoms with van der Waals surface area (Å²) in [6, 6.07) is 23.3. The first-order valence-electron chi connectivity index (χ1n) is 9.89. The second kappa shape index (κ2) is 9.48. The first-order chi connectivity index (χ1) is 15.4. The maximum absolute atomic E-state index is 13.3. The molecule has 0 aliphatic heterocycles. The monoisotopic (exact) mass is 465 g/mol. The minimum absolute atomic E-state index is 0.0132. The normalized spacial score (nSPS) is 12.4. The first kappa shape index (κ1) is 22.0. The Labute approximate surface area is 191 Å². The Hall–Kier alpha value is -3.26. The highest BCUT2D eigenvalue weighted by molar-refractivity contribution is 7.89. The lowest BCUT2D eigenvalue weighted by atomic mass is 10.1. The van der Waals surface area contributed by atoms with Crippen LogP contribution in [0.2, 0.25) is 5.02 Å². The molecule has 8 heteroatoms. The van der Waals surface area contributed by atoms with Gasteiger partial charge in [0, 0.05) is 11.6 Å². The number of benzene rings is 3. The van der Waals surface area contributed by atoms with Crippen molar-refractivity contribution in [2.24, 2.45) is 0 Å². The standard InChI is InChI=1S/C24H20ClN3O3S/c25-19-12-4-5-13-20(19)27-24(29)21(16-17-8-2-1-3-9-17)28-32(30,31)22-14-6-10-18-11-7-15-26-23(18)22/h1-15,21,28H,16H2,(H,27,29). The molecule has 0 aliphatic rings. The van der Waals surface area contributed by atoms with E-state index in [1.807, 2.05) is 30.3 Å². The molecular weight excluding hydrogens is 446 g/mol. The van der Waals surface area contributed by atoms with Crippen LogP contribution in [-0.2, 0) is 21.2 Å². The number of sulfonamides is 1. The van der Waals surface area contributed by atoms with Crippen molar-refractivity contribution in [3.8, 4) is 0 Å². The molecule has 1 unspecified atom stereocenters. The molecule has 32 heavy (non-hydrogen) atoms. The van der Waals surface area contributed by atoms with Crippen LogP contribution in [0, 0.1) is 0 Å². The van der Waals surface area contributed by atoms with Gasteiger partial charge in [-0.05, 0) is 36.2 Å². The fourth-order valence-electron chi connectivity index (χ4n) is 3.36. The third-order valence-corrected chi connectivity index (χ3v) is 6.75. The molecule has 4 aromatic rings. The summed E-state index contributed by atoms with van der Waals surface area (Å²) in [5.41, 5.74) is 1.56. The number of carbonyl (C=O) groups excluding carboxylic acids is 1. The van der Waals surface area contributed by atoms with E-state index < -0.39 is 22.0 Å². The fraction of sp³-hybridized carbons (Fsp3) is 0.0833. The van der Waals surface area contributed by atoms with Crippen molar-refractivity contribution in [2.75, 3.05) is 5.32 Å². The number of amides is 1. The van der Waals surface area contributed by atoms with Gasteiger partial charge in [0.15, 0.2) is 0 Å². The molecule has 0 aliphatic carbocycles. The SMILES string of the molecule is O=C(Nc1ccccc1Cl)C(Cc1ccccc1)NS(=O)(=O)c1cccc2cccnc12. The van der Waals surface area contributed by atoms with Gasteiger partial charge in [-0.1, -0.05) is 72.3 Å². The number of aromatic nitrogens is 1. The lowest BCUT2D eigenvalue weighted by Gasteiger charge is -2.19. The van der Waals surface area contributed by atoms with Crippen molar-refractivity contribution < 1.29 is 13.2 Å². The quantitative estimate of drug-likeness (QED) is 0.423. The Balaban J connectivity index is 1.67. The molecule has 0 fully saturated rings. The summed E-state index contributed by atoms with van der Waals surface area (Å²) in [4.78, 5) is 17.4. The van der Waals surface area contributed by atoms with Crippen molar-refractivity contribution in [2.45, 2.75) is 17.4 Å². The molecule has 0 saturated carbocycles. The molecule has 1 amide bonds. The van der Waals surface area contributed by atoms with E-state index in [0.29, 0.717) is 21.6 Å². The number of pyridine rings is 1. The second-order valence-electron chi connectivity index (χ2n) is 7.16. The van der Waals surface area contributed by atoms with Crippen LogP contribution < -0.4 is 10.0 Å². The molecule has 4 rings (SSSR count). The number of anilines is 1. The highest BCUT2D eigenvalue weighted by Gasteiger charge is 2.28. The highest BCUT2D eigenvalue weighted by atomic mass is 35.5. The van der Waals surface area contributed by atoms with E-state index >= 15 is 0 Å². The Kier molecular flexibility index (Phi) is 6.50. The summed E-state index contributed by atoms with van der Waals surface area (Å²) in [5, 5.41) is 3.78. The smallest absolute Gasteiger partial charge is 0.243 e. The summed E-state index contributed by atoms with van der Waals surface area (Å²) in [7, 11) is -4.06. The zero-order chi connectivity index (χ0) is 22.6. The van der Waals surface area contributed by atoms with E-state index in [9.17, 15) is 13.2 Å². The molecule has 0 spiro atoms. The largest absolute Gasteiger partial charge is 0.323 e. The van der Waals surface area contributed by atoms with Crippen LogP contribution in [0.1, 0.15) is 5.56 Å². The van der Waals surface area contributed by atoms with Gasteiger partial charge < -0.3 is 5.32 Å². The fourth-order valence-corrected chi connectivity index (χ4v) is 4.92. The third kappa shape index (κ3) is 4.96. The van der Waals surface area contributed by atoms with Crippen molar-refractivity contribution in [1.29, 1.82) is 0 Å². The van der Waals surface area contributed by atoms with Gasteiger partial charge in [-0.2, -0.15) is 4.72 Å². The number of nitrogens with zero attached hydrogens (tertiary/aromatic N) is 1. The van der Waals surface area contributed by atoms with Gasteiger partial charge >= 0.3 is 0 Å². The molecule has 6 nitrogen and oxygen atoms in total. The zero-order valence-electron chi connectivity index (χ0n) is 16.9. The first-order valence-corrected chi connectivity index (χ1v) is 11.8. The molecule has 0 bridgehead atoms. The number of halogens is 1. The second-order valence-corrected chi connectivity index (χ2v) is 9.25. The number of para-hydroxylation sites is 2. The molecule has 1 aromatic heterocycles. The molecule has 0 saturated heterocycles. The van der Waals surface area contributed by atoms with Crippen molar-refractivity contribution in [3.05, 3.63) is 102 Å². The Morgan fingerprint density at radius 2 is 1.62 bits per heavy atom. The van der Waals surface area contributed by atoms with Crippen molar-refractivity contribution >= 4 is 44.1 Å². The number of hydrogen-bond donors (Lipinski definition) is 2. The summed E-state index contributed by atoms with van der Waals surface area (Å²) in [6.07, 6.45) is 1.70. The van der Waals surface area contributed by atoms with Gasteiger partial charge in [0.25, 0.3) is 0 Å². The maximum Gasteiger partial charge on any atom is 0.243 e. The van der Waals surface area contributed by atoms with E-state index in [-0.39, 0.29) is 11.3 Å². The molecule has 1 heterocycles. The molecule has 0 radical (unpaired) electrons. The van der Waals surface area contributed by atoms with Crippen molar-refractivity contribution in [1.82, 2.24) is 9.71 Å². The van der Waals surface area contributed by atoms with E-state index in [4.69, 9.17) is 11.6 Å². The van der Waals surface area contributed by atoms with Gasteiger partial charge in [-0.15, -0.1) is 0 Å². The Bertz CT molecular complexity index is 1360. The van der Waals surface area contributed by atoms with Gasteiger partial charge in [0.05, 0.1) is 16.2 Å². The van der Waals surface area contributed by atoms with Crippen LogP contribution >= 0.6 is 11.6 Å². The predicted molar refractivity (Wildman–Crippen MR) is 126 cm³/mol. The van der Waals surface area contributed by atoms with E-state index in [1.54, 1.807) is 48.5 Å². The summed E-state index contributed by atoms with van der Waals surface area (Å²) in [5.74, 6) is -0.515. The van der Waals surface area contributed by atoms with Crippen LogP contribution in [0.25, 0.3) is 10.9 Å². The minimum Gasteiger partial charge on any atom is -0.323 e. The summed E-state index contributed by atoms with van der Waals surface area (Å²) < 4.78 is 29.2. The average Bonchev–Trinajstić information content (AvgIpc) is 2.80. The van der Waals surface area contributed by atoms with Crippen LogP contribution in [0.15, 0.2) is 96.0 Å². The zero-order valence-corrected chi connectivity index (χ0v) is 18.5. The van der Waals surface area contributed by atoms with Gasteiger partial charge in [0.1, 0.15) is 10.9 Å². The molecule has 1 atom stereocenters. The van der Waals surface area contributed by atoms with E-state index in [2.05, 4.69) is 15.0 Å². The van der Waals surface area contributed by atoms with E-state index in [1.165, 1.54) is 12.3 Å². The number of hydrogen-bond acceptors (Lipinski definition) is 4. The van der Waals surface area contributed by atoms with Gasteiger partial charge in [-0.25, -0.2) is 8.42 Å². The Morgan fingerprint density at radius 3 is 2.41 bits per heavy atom. The van der Waals surface area contributed by atoms with Crippen LogP contribution in [0.3, 0.4) is 0 Å². The van der Waals surface area contributed by atoms with Crippen LogP contribution in [0.5, 0.6) is 0 Å². The van der Waals surface area contributed by atoms with Crippen molar-refractivity contribution in [3.63, 3.8) is 0 Å². The van der Waals surface area contributed by atoms with Crippen LogP contribution in [0.4, 0.5) is 5.69 Å². The highest BCUT2D eigenvalue weighted by Crippen LogP contribution is 2.23. The molecular formula is C24H20ClN3O3S. The number of fused-ring (bicyclic) bond motifs is 1. The molecule has 162 valence electrons. The summed E-state index contributed by atoms with van der Waals surface area (Å²) >= 11 is 6.17. The van der Waals surface area contributed by atoms with Gasteiger partial charge in [-0.3, -0.25) is 9.78 Å². The maximum atomic E-state index is 13.3. The number of nitrogens with one attached hydrogen (secondary N) is 2. The number of carbonyl (C=O) groups is 1. The predicted octanol–water partition coefficient (Wildman–Crippen LogP) is 4.42. The van der Waals surface area contributed by atoms with E-state index in [0.717, 1.165) is 5.56 Å². The third-order valence-electron chi connectivity index (χ3n) is 4.91. The topological polar surface area (TPSA) is 88.2 Å². The lowest BCUT2D eigenvalue weighted by molar-refractivity contribution is -0.117. The molecule has 2 N–H and O–H groups in total. The minimum atomic E-state index is -4.06. The number of rotatable bonds is 7. The lowest BCUT2D eigenvalue weighted by Crippen LogP contribution is -2.45. The van der Waals surface area contributed by atoms with Gasteiger partial charge in [0.2, 0.25) is 15.9 Å². The average molecular weight is 466 g/mol. The van der Waals surface area contributed by atoms with Crippen LogP contribution in [-0.4, -0.2) is 25.4 Å². The summed E-state index contributed by atoms with van der Waals surface area (Å²) in [6.45, 7) is 0. The molecule has 3 aromatic carbocycles.